The Hall–Kier alpha value is -2.04. The van der Waals surface area contributed by atoms with Crippen molar-refractivity contribution in [1.82, 2.24) is 10.1 Å². The van der Waals surface area contributed by atoms with Crippen LogP contribution in [0.5, 0.6) is 0 Å². The second-order valence-electron chi connectivity index (χ2n) is 2.90. The molecule has 3 N–H and O–H groups in total. The van der Waals surface area contributed by atoms with Gasteiger partial charge in [0.2, 0.25) is 0 Å². The van der Waals surface area contributed by atoms with Crippen molar-refractivity contribution < 1.29 is 4.52 Å². The molecular formula is C9H10N4O. The van der Waals surface area contributed by atoms with Gasteiger partial charge >= 0.3 is 6.01 Å². The molecule has 0 saturated heterocycles. The van der Waals surface area contributed by atoms with Crippen molar-refractivity contribution in [2.75, 3.05) is 11.1 Å². The number of nitrogen functional groups attached to an aromatic ring is 1. The maximum atomic E-state index is 5.61. The van der Waals surface area contributed by atoms with Gasteiger partial charge in [-0.1, -0.05) is 11.2 Å². The molecule has 1 aromatic carbocycles. The fraction of sp³-hybridized carbons (Fsp3) is 0.111. The van der Waals surface area contributed by atoms with E-state index < -0.39 is 0 Å². The van der Waals surface area contributed by atoms with Gasteiger partial charge in [0.25, 0.3) is 0 Å². The summed E-state index contributed by atoms with van der Waals surface area (Å²) in [5.74, 6) is 0.594. The van der Waals surface area contributed by atoms with Crippen LogP contribution in [-0.4, -0.2) is 10.1 Å². The summed E-state index contributed by atoms with van der Waals surface area (Å²) >= 11 is 0. The quantitative estimate of drug-likeness (QED) is 0.705. The Morgan fingerprint density at radius 3 is 2.93 bits per heavy atom. The first-order chi connectivity index (χ1) is 6.74. The monoisotopic (exact) mass is 190 g/mol. The van der Waals surface area contributed by atoms with Crippen LogP contribution in [0.1, 0.15) is 5.82 Å². The van der Waals surface area contributed by atoms with Crippen LogP contribution in [0, 0.1) is 6.92 Å². The van der Waals surface area contributed by atoms with E-state index in [4.69, 9.17) is 10.3 Å². The van der Waals surface area contributed by atoms with Gasteiger partial charge in [-0.15, -0.1) is 0 Å². The van der Waals surface area contributed by atoms with Gasteiger partial charge < -0.3 is 15.6 Å². The van der Waals surface area contributed by atoms with Crippen molar-refractivity contribution in [2.24, 2.45) is 0 Å². The summed E-state index contributed by atoms with van der Waals surface area (Å²) in [5.41, 5.74) is 7.12. The molecule has 5 nitrogen and oxygen atoms in total. The predicted molar refractivity (Wildman–Crippen MR) is 53.2 cm³/mol. The number of nitrogens with zero attached hydrogens (tertiary/aromatic N) is 2. The number of aromatic nitrogens is 2. The van der Waals surface area contributed by atoms with E-state index in [0.29, 0.717) is 17.5 Å². The zero-order valence-electron chi connectivity index (χ0n) is 7.69. The minimum Gasteiger partial charge on any atom is -0.399 e. The topological polar surface area (TPSA) is 77.0 Å². The number of aryl methyl sites for hydroxylation is 1. The van der Waals surface area contributed by atoms with Crippen LogP contribution in [0.25, 0.3) is 0 Å². The Balaban J connectivity index is 2.18. The van der Waals surface area contributed by atoms with E-state index in [1.807, 2.05) is 18.2 Å². The van der Waals surface area contributed by atoms with Crippen molar-refractivity contribution in [3.05, 3.63) is 30.1 Å². The number of rotatable bonds is 2. The third kappa shape index (κ3) is 1.82. The highest BCUT2D eigenvalue weighted by atomic mass is 16.5. The summed E-state index contributed by atoms with van der Waals surface area (Å²) in [7, 11) is 0. The molecule has 0 unspecified atom stereocenters. The molecule has 14 heavy (non-hydrogen) atoms. The Kier molecular flexibility index (Phi) is 2.06. The molecule has 1 aromatic heterocycles. The summed E-state index contributed by atoms with van der Waals surface area (Å²) in [6.45, 7) is 1.76. The average molecular weight is 190 g/mol. The van der Waals surface area contributed by atoms with E-state index >= 15 is 0 Å². The molecule has 72 valence electrons. The fourth-order valence-electron chi connectivity index (χ4n) is 1.09. The van der Waals surface area contributed by atoms with Gasteiger partial charge in [-0.25, -0.2) is 0 Å². The van der Waals surface area contributed by atoms with Crippen LogP contribution in [-0.2, 0) is 0 Å². The third-order valence-corrected chi connectivity index (χ3v) is 1.67. The third-order valence-electron chi connectivity index (χ3n) is 1.67. The lowest BCUT2D eigenvalue weighted by molar-refractivity contribution is 0.428. The highest BCUT2D eigenvalue weighted by molar-refractivity contribution is 5.58. The van der Waals surface area contributed by atoms with Gasteiger partial charge in [0.15, 0.2) is 5.82 Å². The van der Waals surface area contributed by atoms with Gasteiger partial charge in [0.1, 0.15) is 0 Å². The van der Waals surface area contributed by atoms with Crippen molar-refractivity contribution >= 4 is 17.4 Å². The minimum absolute atomic E-state index is 0.369. The van der Waals surface area contributed by atoms with Crippen LogP contribution < -0.4 is 11.1 Å². The smallest absolute Gasteiger partial charge is 0.325 e. The molecule has 0 atom stereocenters. The van der Waals surface area contributed by atoms with Crippen LogP contribution in [0.2, 0.25) is 0 Å². The van der Waals surface area contributed by atoms with Crippen LogP contribution in [0.3, 0.4) is 0 Å². The standard InChI is InChI=1S/C9H10N4O/c1-6-11-9(14-13-6)12-8-4-2-3-7(10)5-8/h2-5H,10H2,1H3,(H,11,12,13). The molecule has 0 aliphatic carbocycles. The maximum Gasteiger partial charge on any atom is 0.325 e. The highest BCUT2D eigenvalue weighted by Gasteiger charge is 2.01. The largest absolute Gasteiger partial charge is 0.399 e. The van der Waals surface area contributed by atoms with E-state index in [9.17, 15) is 0 Å². The first-order valence-corrected chi connectivity index (χ1v) is 4.17. The summed E-state index contributed by atoms with van der Waals surface area (Å²) < 4.78 is 4.90. The minimum atomic E-state index is 0.369. The predicted octanol–water partition coefficient (Wildman–Crippen LogP) is 1.70. The summed E-state index contributed by atoms with van der Waals surface area (Å²) in [5, 5.41) is 6.60. The molecule has 0 aliphatic heterocycles. The van der Waals surface area contributed by atoms with Gasteiger partial charge in [0.05, 0.1) is 0 Å². The van der Waals surface area contributed by atoms with Crippen molar-refractivity contribution in [2.45, 2.75) is 6.92 Å². The first kappa shape index (κ1) is 8.55. The van der Waals surface area contributed by atoms with E-state index in [1.54, 1.807) is 13.0 Å². The Bertz CT molecular complexity index is 438. The van der Waals surface area contributed by atoms with E-state index in [0.717, 1.165) is 5.69 Å². The molecule has 0 spiro atoms. The number of nitrogens with one attached hydrogen (secondary N) is 1. The highest BCUT2D eigenvalue weighted by Crippen LogP contribution is 2.16. The van der Waals surface area contributed by atoms with E-state index in [2.05, 4.69) is 15.5 Å². The molecule has 0 fully saturated rings. The summed E-state index contributed by atoms with van der Waals surface area (Å²) in [4.78, 5) is 4.01. The zero-order valence-corrected chi connectivity index (χ0v) is 7.69. The van der Waals surface area contributed by atoms with E-state index in [-0.39, 0.29) is 0 Å². The number of nitrogens with two attached hydrogens (primary N) is 1. The lowest BCUT2D eigenvalue weighted by Gasteiger charge is -2.00. The SMILES string of the molecule is Cc1noc(Nc2cccc(N)c2)n1. The summed E-state index contributed by atoms with van der Waals surface area (Å²) in [6.07, 6.45) is 0. The number of benzene rings is 1. The normalized spacial score (nSPS) is 10.1. The van der Waals surface area contributed by atoms with Crippen molar-refractivity contribution in [1.29, 1.82) is 0 Å². The molecule has 1 heterocycles. The Morgan fingerprint density at radius 2 is 2.29 bits per heavy atom. The molecule has 2 rings (SSSR count). The Morgan fingerprint density at radius 1 is 1.43 bits per heavy atom. The second kappa shape index (κ2) is 3.37. The second-order valence-corrected chi connectivity index (χ2v) is 2.90. The number of hydrogen-bond acceptors (Lipinski definition) is 5. The maximum absolute atomic E-state index is 5.61. The Labute approximate surface area is 80.9 Å². The molecule has 0 amide bonds. The molecule has 0 bridgehead atoms. The van der Waals surface area contributed by atoms with Gasteiger partial charge in [-0.2, -0.15) is 4.98 Å². The molecular weight excluding hydrogens is 180 g/mol. The van der Waals surface area contributed by atoms with E-state index in [1.165, 1.54) is 0 Å². The van der Waals surface area contributed by atoms with Gasteiger partial charge in [-0.05, 0) is 25.1 Å². The van der Waals surface area contributed by atoms with Crippen LogP contribution >= 0.6 is 0 Å². The van der Waals surface area contributed by atoms with Crippen molar-refractivity contribution in [3.63, 3.8) is 0 Å². The molecule has 5 heteroatoms. The van der Waals surface area contributed by atoms with Crippen molar-refractivity contribution in [3.8, 4) is 0 Å². The lowest BCUT2D eigenvalue weighted by Crippen LogP contribution is -1.92. The fourth-order valence-corrected chi connectivity index (χ4v) is 1.09. The number of hydrogen-bond donors (Lipinski definition) is 2. The van der Waals surface area contributed by atoms with Crippen LogP contribution in [0.4, 0.5) is 17.4 Å². The molecule has 0 radical (unpaired) electrons. The summed E-state index contributed by atoms with van der Waals surface area (Å²) in [6, 6.07) is 7.69. The molecule has 0 aliphatic rings. The average Bonchev–Trinajstić information content (AvgIpc) is 2.51. The lowest BCUT2D eigenvalue weighted by atomic mass is 10.3. The van der Waals surface area contributed by atoms with Crippen LogP contribution in [0.15, 0.2) is 28.8 Å². The number of anilines is 3. The zero-order chi connectivity index (χ0) is 9.97. The molecule has 0 saturated carbocycles. The van der Waals surface area contributed by atoms with Gasteiger partial charge in [0, 0.05) is 11.4 Å². The first-order valence-electron chi connectivity index (χ1n) is 4.17. The van der Waals surface area contributed by atoms with Gasteiger partial charge in [-0.3, -0.25) is 0 Å². The molecule has 2 aromatic rings.